The number of ether oxygens (including phenoxy) is 2. The summed E-state index contributed by atoms with van der Waals surface area (Å²) >= 11 is 0. The highest BCUT2D eigenvalue weighted by Gasteiger charge is 2.18. The summed E-state index contributed by atoms with van der Waals surface area (Å²) in [5.41, 5.74) is 1.55. The van der Waals surface area contributed by atoms with E-state index in [0.717, 1.165) is 12.1 Å². The zero-order valence-electron chi connectivity index (χ0n) is 12.5. The Kier molecular flexibility index (Phi) is 5.17. The minimum Gasteiger partial charge on any atom is -0.493 e. The summed E-state index contributed by atoms with van der Waals surface area (Å²) < 4.78 is 24.6. The highest BCUT2D eigenvalue weighted by atomic mass is 19.1. The van der Waals surface area contributed by atoms with Gasteiger partial charge in [-0.1, -0.05) is 31.2 Å². The van der Waals surface area contributed by atoms with Gasteiger partial charge in [0.1, 0.15) is 5.82 Å². The van der Waals surface area contributed by atoms with Crippen LogP contribution in [0.5, 0.6) is 11.5 Å². The smallest absolute Gasteiger partial charge is 0.161 e. The van der Waals surface area contributed by atoms with Gasteiger partial charge >= 0.3 is 0 Å². The van der Waals surface area contributed by atoms with E-state index in [4.69, 9.17) is 9.47 Å². The maximum Gasteiger partial charge on any atom is 0.161 e. The van der Waals surface area contributed by atoms with E-state index < -0.39 is 0 Å². The summed E-state index contributed by atoms with van der Waals surface area (Å²) in [6.45, 7) is 2.72. The number of benzene rings is 2. The molecule has 4 heteroatoms. The Hall–Kier alpha value is -2.07. The number of rotatable bonds is 6. The molecule has 2 rings (SSSR count). The van der Waals surface area contributed by atoms with Crippen molar-refractivity contribution in [2.75, 3.05) is 20.8 Å². The average Bonchev–Trinajstić information content (AvgIpc) is 2.53. The molecule has 2 aromatic carbocycles. The van der Waals surface area contributed by atoms with E-state index in [1.54, 1.807) is 26.4 Å². The minimum atomic E-state index is -0.226. The van der Waals surface area contributed by atoms with Crippen molar-refractivity contribution in [3.05, 3.63) is 59.4 Å². The lowest BCUT2D eigenvalue weighted by molar-refractivity contribution is 0.354. The summed E-state index contributed by atoms with van der Waals surface area (Å²) in [4.78, 5) is 0. The third-order valence-electron chi connectivity index (χ3n) is 3.37. The van der Waals surface area contributed by atoms with Crippen LogP contribution in [0.1, 0.15) is 24.1 Å². The Morgan fingerprint density at radius 3 is 2.38 bits per heavy atom. The van der Waals surface area contributed by atoms with Crippen LogP contribution in [-0.4, -0.2) is 20.8 Å². The third kappa shape index (κ3) is 3.34. The Labute approximate surface area is 124 Å². The number of halogens is 1. The summed E-state index contributed by atoms with van der Waals surface area (Å²) in [5.74, 6) is 1.07. The van der Waals surface area contributed by atoms with Crippen LogP contribution in [-0.2, 0) is 0 Å². The van der Waals surface area contributed by atoms with Crippen molar-refractivity contribution in [1.82, 2.24) is 5.32 Å². The van der Waals surface area contributed by atoms with Crippen molar-refractivity contribution in [3.63, 3.8) is 0 Å². The van der Waals surface area contributed by atoms with Crippen LogP contribution >= 0.6 is 0 Å². The molecule has 0 aliphatic heterocycles. The van der Waals surface area contributed by atoms with Crippen LogP contribution in [0.15, 0.2) is 42.5 Å². The van der Waals surface area contributed by atoms with E-state index in [2.05, 4.69) is 5.32 Å². The first-order valence-corrected chi connectivity index (χ1v) is 6.91. The summed E-state index contributed by atoms with van der Waals surface area (Å²) in [7, 11) is 3.18. The fraction of sp³-hybridized carbons (Fsp3) is 0.294. The molecule has 0 spiro atoms. The van der Waals surface area contributed by atoms with Crippen molar-refractivity contribution in [2.24, 2.45) is 0 Å². The van der Waals surface area contributed by atoms with E-state index in [1.165, 1.54) is 6.07 Å². The zero-order chi connectivity index (χ0) is 15.2. The topological polar surface area (TPSA) is 30.5 Å². The number of hydrogen-bond acceptors (Lipinski definition) is 3. The van der Waals surface area contributed by atoms with Gasteiger partial charge in [0.05, 0.1) is 20.3 Å². The number of methoxy groups -OCH3 is 2. The van der Waals surface area contributed by atoms with E-state index in [0.29, 0.717) is 17.1 Å². The van der Waals surface area contributed by atoms with Crippen molar-refractivity contribution in [3.8, 4) is 11.5 Å². The van der Waals surface area contributed by atoms with Gasteiger partial charge in [0.25, 0.3) is 0 Å². The van der Waals surface area contributed by atoms with Gasteiger partial charge in [-0.25, -0.2) is 4.39 Å². The van der Waals surface area contributed by atoms with Gasteiger partial charge in [-0.05, 0) is 30.3 Å². The second kappa shape index (κ2) is 7.09. The quantitative estimate of drug-likeness (QED) is 0.882. The molecule has 1 atom stereocenters. The fourth-order valence-corrected chi connectivity index (χ4v) is 2.35. The van der Waals surface area contributed by atoms with Crippen molar-refractivity contribution >= 4 is 0 Å². The summed E-state index contributed by atoms with van der Waals surface area (Å²) in [5, 5.41) is 3.31. The maximum atomic E-state index is 14.1. The molecule has 0 aliphatic carbocycles. The molecule has 0 saturated heterocycles. The standard InChI is InChI=1S/C17H20FNO2/c1-4-19-17(13-7-5-6-8-14(13)18)12-9-10-15(20-2)16(11-12)21-3/h5-11,17,19H,4H2,1-3H3. The summed E-state index contributed by atoms with van der Waals surface area (Å²) in [6, 6.07) is 12.2. The first-order valence-electron chi connectivity index (χ1n) is 6.91. The fourth-order valence-electron chi connectivity index (χ4n) is 2.35. The van der Waals surface area contributed by atoms with Crippen molar-refractivity contribution in [1.29, 1.82) is 0 Å². The molecule has 2 aromatic rings. The lowest BCUT2D eigenvalue weighted by atomic mass is 9.97. The molecule has 0 aliphatic rings. The predicted molar refractivity (Wildman–Crippen MR) is 81.5 cm³/mol. The lowest BCUT2D eigenvalue weighted by Crippen LogP contribution is -2.23. The molecule has 0 fully saturated rings. The molecule has 0 saturated carbocycles. The van der Waals surface area contributed by atoms with Gasteiger partial charge in [0, 0.05) is 5.56 Å². The van der Waals surface area contributed by atoms with Crippen LogP contribution in [0, 0.1) is 5.82 Å². The van der Waals surface area contributed by atoms with E-state index in [1.807, 2.05) is 31.2 Å². The Balaban J connectivity index is 2.46. The van der Waals surface area contributed by atoms with E-state index in [9.17, 15) is 4.39 Å². The summed E-state index contributed by atoms with van der Waals surface area (Å²) in [6.07, 6.45) is 0. The molecule has 1 unspecified atom stereocenters. The monoisotopic (exact) mass is 289 g/mol. The highest BCUT2D eigenvalue weighted by Crippen LogP contribution is 2.32. The van der Waals surface area contributed by atoms with Gasteiger partial charge < -0.3 is 14.8 Å². The largest absolute Gasteiger partial charge is 0.493 e. The molecular weight excluding hydrogens is 269 g/mol. The minimum absolute atomic E-state index is 0.224. The normalized spacial score (nSPS) is 12.0. The first-order chi connectivity index (χ1) is 10.2. The molecule has 0 amide bonds. The van der Waals surface area contributed by atoms with Crippen molar-refractivity contribution in [2.45, 2.75) is 13.0 Å². The molecule has 0 aromatic heterocycles. The second-order valence-electron chi connectivity index (χ2n) is 4.63. The van der Waals surface area contributed by atoms with Gasteiger partial charge in [0.2, 0.25) is 0 Å². The van der Waals surface area contributed by atoms with E-state index in [-0.39, 0.29) is 11.9 Å². The van der Waals surface area contributed by atoms with Gasteiger partial charge in [-0.2, -0.15) is 0 Å². The van der Waals surface area contributed by atoms with Gasteiger partial charge in [-0.3, -0.25) is 0 Å². The Morgan fingerprint density at radius 2 is 1.76 bits per heavy atom. The maximum absolute atomic E-state index is 14.1. The molecule has 3 nitrogen and oxygen atoms in total. The van der Waals surface area contributed by atoms with Crippen LogP contribution in [0.3, 0.4) is 0 Å². The lowest BCUT2D eigenvalue weighted by Gasteiger charge is -2.20. The Morgan fingerprint density at radius 1 is 1.05 bits per heavy atom. The first kappa shape index (κ1) is 15.3. The van der Waals surface area contributed by atoms with Gasteiger partial charge in [-0.15, -0.1) is 0 Å². The highest BCUT2D eigenvalue weighted by molar-refractivity contribution is 5.46. The van der Waals surface area contributed by atoms with Crippen LogP contribution in [0.2, 0.25) is 0 Å². The second-order valence-corrected chi connectivity index (χ2v) is 4.63. The predicted octanol–water partition coefficient (Wildman–Crippen LogP) is 3.54. The average molecular weight is 289 g/mol. The number of hydrogen-bond donors (Lipinski definition) is 1. The molecule has 0 heterocycles. The van der Waals surface area contributed by atoms with Crippen LogP contribution < -0.4 is 14.8 Å². The molecule has 21 heavy (non-hydrogen) atoms. The zero-order valence-corrected chi connectivity index (χ0v) is 12.5. The molecule has 0 radical (unpaired) electrons. The number of nitrogens with one attached hydrogen (secondary N) is 1. The molecule has 112 valence electrons. The SMILES string of the molecule is CCNC(c1ccc(OC)c(OC)c1)c1ccccc1F. The molecular formula is C17H20FNO2. The molecule has 1 N–H and O–H groups in total. The third-order valence-corrected chi connectivity index (χ3v) is 3.37. The van der Waals surface area contributed by atoms with Crippen LogP contribution in [0.4, 0.5) is 4.39 Å². The van der Waals surface area contributed by atoms with Gasteiger partial charge in [0.15, 0.2) is 11.5 Å². The van der Waals surface area contributed by atoms with Crippen LogP contribution in [0.25, 0.3) is 0 Å². The van der Waals surface area contributed by atoms with Crippen molar-refractivity contribution < 1.29 is 13.9 Å². The molecule has 0 bridgehead atoms. The Bertz CT molecular complexity index is 601. The van der Waals surface area contributed by atoms with E-state index >= 15 is 0 Å².